The quantitative estimate of drug-likeness (QED) is 0.553. The van der Waals surface area contributed by atoms with Gasteiger partial charge in [-0.1, -0.05) is 0 Å². The van der Waals surface area contributed by atoms with E-state index in [9.17, 15) is 9.90 Å². The Bertz CT molecular complexity index is 699. The fraction of sp³-hybridized carbons (Fsp3) is 0.188. The summed E-state index contributed by atoms with van der Waals surface area (Å²) in [4.78, 5) is 15.8. The van der Waals surface area contributed by atoms with Gasteiger partial charge in [0.05, 0.1) is 30.7 Å². The van der Waals surface area contributed by atoms with Crippen molar-refractivity contribution < 1.29 is 19.7 Å². The molecule has 0 aliphatic carbocycles. The van der Waals surface area contributed by atoms with Gasteiger partial charge in [-0.05, 0) is 42.8 Å². The highest BCUT2D eigenvalue weighted by Gasteiger charge is 2.05. The number of hydrogen-bond donors (Lipinski definition) is 3. The predicted octanol–water partition coefficient (Wildman–Crippen LogP) is 1.44. The standard InChI is InChI=1S/C16H17N3O4/c1-2-23-15-7-11(3-6-14(15)21)8-18-19-16(22)12-4-5-13(10-20)17-9-12/h3-9,20-21H,2,10H2,1H3,(H,19,22). The number of phenols is 1. The van der Waals surface area contributed by atoms with E-state index in [1.54, 1.807) is 24.3 Å². The average molecular weight is 315 g/mol. The number of hydrazone groups is 1. The zero-order valence-corrected chi connectivity index (χ0v) is 12.6. The van der Waals surface area contributed by atoms with Crippen LogP contribution in [0.1, 0.15) is 28.5 Å². The van der Waals surface area contributed by atoms with Gasteiger partial charge in [-0.3, -0.25) is 9.78 Å². The molecule has 1 aromatic heterocycles. The second-order valence-electron chi connectivity index (χ2n) is 4.56. The summed E-state index contributed by atoms with van der Waals surface area (Å²) in [5, 5.41) is 22.4. The zero-order valence-electron chi connectivity index (χ0n) is 12.6. The topological polar surface area (TPSA) is 104 Å². The molecule has 1 heterocycles. The maximum atomic E-state index is 11.9. The van der Waals surface area contributed by atoms with Crippen LogP contribution in [0.25, 0.3) is 0 Å². The van der Waals surface area contributed by atoms with Gasteiger partial charge in [-0.15, -0.1) is 0 Å². The van der Waals surface area contributed by atoms with Crippen molar-refractivity contribution in [3.63, 3.8) is 0 Å². The lowest BCUT2D eigenvalue weighted by atomic mass is 10.2. The Hall–Kier alpha value is -2.93. The predicted molar refractivity (Wildman–Crippen MR) is 84.5 cm³/mol. The maximum Gasteiger partial charge on any atom is 0.272 e. The van der Waals surface area contributed by atoms with Crippen molar-refractivity contribution >= 4 is 12.1 Å². The van der Waals surface area contributed by atoms with Crippen molar-refractivity contribution in [2.75, 3.05) is 6.61 Å². The molecule has 1 aromatic carbocycles. The minimum atomic E-state index is -0.415. The van der Waals surface area contributed by atoms with Crippen molar-refractivity contribution in [3.8, 4) is 11.5 Å². The van der Waals surface area contributed by atoms with E-state index in [1.807, 2.05) is 6.92 Å². The molecule has 0 spiro atoms. The van der Waals surface area contributed by atoms with Crippen LogP contribution in [0, 0.1) is 0 Å². The number of nitrogens with zero attached hydrogens (tertiary/aromatic N) is 2. The van der Waals surface area contributed by atoms with Crippen molar-refractivity contribution in [2.24, 2.45) is 5.10 Å². The lowest BCUT2D eigenvalue weighted by Crippen LogP contribution is -2.17. The van der Waals surface area contributed by atoms with E-state index in [-0.39, 0.29) is 12.4 Å². The molecule has 0 bridgehead atoms. The minimum Gasteiger partial charge on any atom is -0.504 e. The summed E-state index contributed by atoms with van der Waals surface area (Å²) in [7, 11) is 0. The molecule has 1 amide bonds. The Morgan fingerprint density at radius 2 is 2.22 bits per heavy atom. The lowest BCUT2D eigenvalue weighted by molar-refractivity contribution is 0.0954. The van der Waals surface area contributed by atoms with Crippen molar-refractivity contribution in [3.05, 3.63) is 53.3 Å². The van der Waals surface area contributed by atoms with Gasteiger partial charge in [0, 0.05) is 6.20 Å². The number of aliphatic hydroxyl groups excluding tert-OH is 1. The van der Waals surface area contributed by atoms with Crippen LogP contribution >= 0.6 is 0 Å². The summed E-state index contributed by atoms with van der Waals surface area (Å²) in [5.74, 6) is -0.0169. The molecule has 3 N–H and O–H groups in total. The molecule has 0 aliphatic rings. The summed E-state index contributed by atoms with van der Waals surface area (Å²) >= 11 is 0. The van der Waals surface area contributed by atoms with Crippen molar-refractivity contribution in [2.45, 2.75) is 13.5 Å². The minimum absolute atomic E-state index is 0.0445. The summed E-state index contributed by atoms with van der Waals surface area (Å²) < 4.78 is 5.27. The third-order valence-corrected chi connectivity index (χ3v) is 2.91. The van der Waals surface area contributed by atoms with E-state index in [1.165, 1.54) is 18.5 Å². The lowest BCUT2D eigenvalue weighted by Gasteiger charge is -2.06. The van der Waals surface area contributed by atoms with E-state index in [0.717, 1.165) is 0 Å². The van der Waals surface area contributed by atoms with Crippen LogP contribution in [0.5, 0.6) is 11.5 Å². The van der Waals surface area contributed by atoms with Crippen LogP contribution < -0.4 is 10.2 Å². The van der Waals surface area contributed by atoms with E-state index in [4.69, 9.17) is 9.84 Å². The molecule has 0 unspecified atom stereocenters. The number of carbonyl (C=O) groups excluding carboxylic acids is 1. The molecule has 2 rings (SSSR count). The monoisotopic (exact) mass is 315 g/mol. The number of phenolic OH excluding ortho intramolecular Hbond substituents is 1. The van der Waals surface area contributed by atoms with Gasteiger partial charge in [-0.2, -0.15) is 5.10 Å². The first kappa shape index (κ1) is 16.4. The van der Waals surface area contributed by atoms with E-state index in [2.05, 4.69) is 15.5 Å². The number of benzene rings is 1. The van der Waals surface area contributed by atoms with Crippen molar-refractivity contribution in [1.82, 2.24) is 10.4 Å². The Balaban J connectivity index is 2.00. The molecule has 7 nitrogen and oxygen atoms in total. The van der Waals surface area contributed by atoms with Gasteiger partial charge in [0.25, 0.3) is 5.91 Å². The van der Waals surface area contributed by atoms with Crippen LogP contribution in [-0.2, 0) is 6.61 Å². The number of aliphatic hydroxyl groups is 1. The number of aromatic nitrogens is 1. The van der Waals surface area contributed by atoms with Crippen molar-refractivity contribution in [1.29, 1.82) is 0 Å². The summed E-state index contributed by atoms with van der Waals surface area (Å²) in [5.41, 5.74) is 3.86. The Morgan fingerprint density at radius 3 is 2.87 bits per heavy atom. The number of pyridine rings is 1. The summed E-state index contributed by atoms with van der Waals surface area (Å²) in [6.07, 6.45) is 2.81. The molecule has 0 radical (unpaired) electrons. The first-order valence-corrected chi connectivity index (χ1v) is 6.99. The SMILES string of the molecule is CCOc1cc(C=NNC(=O)c2ccc(CO)nc2)ccc1O. The second kappa shape index (κ2) is 7.90. The Morgan fingerprint density at radius 1 is 1.39 bits per heavy atom. The third kappa shape index (κ3) is 4.52. The fourth-order valence-electron chi connectivity index (χ4n) is 1.76. The highest BCUT2D eigenvalue weighted by Crippen LogP contribution is 2.26. The van der Waals surface area contributed by atoms with Crippen LogP contribution in [0.2, 0.25) is 0 Å². The van der Waals surface area contributed by atoms with Gasteiger partial charge < -0.3 is 14.9 Å². The maximum absolute atomic E-state index is 11.9. The van der Waals surface area contributed by atoms with Gasteiger partial charge in [0.15, 0.2) is 11.5 Å². The number of amides is 1. The number of rotatable bonds is 6. The van der Waals surface area contributed by atoms with Crippen LogP contribution in [0.4, 0.5) is 0 Å². The summed E-state index contributed by atoms with van der Waals surface area (Å²) in [6, 6.07) is 7.87. The molecule has 120 valence electrons. The number of carbonyl (C=O) groups is 1. The number of ether oxygens (including phenoxy) is 1. The Labute approximate surface area is 133 Å². The molecule has 0 fully saturated rings. The van der Waals surface area contributed by atoms with Crippen LogP contribution in [0.15, 0.2) is 41.6 Å². The molecular weight excluding hydrogens is 298 g/mol. The molecule has 2 aromatic rings. The first-order valence-electron chi connectivity index (χ1n) is 6.99. The number of hydrogen-bond acceptors (Lipinski definition) is 6. The van der Waals surface area contributed by atoms with Crippen LogP contribution in [0.3, 0.4) is 0 Å². The van der Waals surface area contributed by atoms with E-state index in [0.29, 0.717) is 29.2 Å². The van der Waals surface area contributed by atoms with Crippen LogP contribution in [-0.4, -0.2) is 33.9 Å². The molecular formula is C16H17N3O4. The second-order valence-corrected chi connectivity index (χ2v) is 4.56. The normalized spacial score (nSPS) is 10.7. The average Bonchev–Trinajstić information content (AvgIpc) is 2.58. The largest absolute Gasteiger partial charge is 0.504 e. The Kier molecular flexibility index (Phi) is 5.65. The molecule has 0 saturated carbocycles. The summed E-state index contributed by atoms with van der Waals surface area (Å²) in [6.45, 7) is 2.07. The number of nitrogens with one attached hydrogen (secondary N) is 1. The highest BCUT2D eigenvalue weighted by atomic mass is 16.5. The third-order valence-electron chi connectivity index (χ3n) is 2.91. The van der Waals surface area contributed by atoms with Gasteiger partial charge in [-0.25, -0.2) is 5.43 Å². The van der Waals surface area contributed by atoms with Gasteiger partial charge in [0.1, 0.15) is 0 Å². The highest BCUT2D eigenvalue weighted by molar-refractivity contribution is 5.94. The smallest absolute Gasteiger partial charge is 0.272 e. The zero-order chi connectivity index (χ0) is 16.7. The molecule has 0 aliphatic heterocycles. The first-order chi connectivity index (χ1) is 11.1. The van der Waals surface area contributed by atoms with Gasteiger partial charge >= 0.3 is 0 Å². The molecule has 0 atom stereocenters. The fourth-order valence-corrected chi connectivity index (χ4v) is 1.76. The number of aromatic hydroxyl groups is 1. The molecule has 23 heavy (non-hydrogen) atoms. The molecule has 7 heteroatoms. The van der Waals surface area contributed by atoms with E-state index >= 15 is 0 Å². The van der Waals surface area contributed by atoms with E-state index < -0.39 is 5.91 Å². The molecule has 0 saturated heterocycles. The van der Waals surface area contributed by atoms with Gasteiger partial charge in [0.2, 0.25) is 0 Å².